The predicted molar refractivity (Wildman–Crippen MR) is 112 cm³/mol. The summed E-state index contributed by atoms with van der Waals surface area (Å²) in [5.74, 6) is -1.45. The van der Waals surface area contributed by atoms with E-state index in [0.29, 0.717) is 16.9 Å². The summed E-state index contributed by atoms with van der Waals surface area (Å²) in [5, 5.41) is 7.58. The Kier molecular flexibility index (Phi) is 7.92. The molecule has 0 spiro atoms. The topological polar surface area (TPSA) is 117 Å². The normalized spacial score (nSPS) is 11.0. The molecule has 2 aromatic rings. The number of hydrogen-bond donors (Lipinski definition) is 3. The summed E-state index contributed by atoms with van der Waals surface area (Å²) >= 11 is 0. The van der Waals surface area contributed by atoms with Gasteiger partial charge in [0.1, 0.15) is 6.04 Å². The van der Waals surface area contributed by atoms with Crippen molar-refractivity contribution in [1.82, 2.24) is 10.2 Å². The highest BCUT2D eigenvalue weighted by atomic mass is 16.5. The maximum absolute atomic E-state index is 12.0. The highest BCUT2D eigenvalue weighted by Gasteiger charge is 2.18. The van der Waals surface area contributed by atoms with E-state index in [1.54, 1.807) is 62.6 Å². The van der Waals surface area contributed by atoms with Crippen LogP contribution in [0.1, 0.15) is 17.3 Å². The molecule has 9 heteroatoms. The molecule has 0 heterocycles. The third kappa shape index (κ3) is 6.93. The lowest BCUT2D eigenvalue weighted by atomic mass is 10.2. The van der Waals surface area contributed by atoms with E-state index in [1.807, 2.05) is 6.07 Å². The number of anilines is 2. The smallest absolute Gasteiger partial charge is 0.328 e. The Bertz CT molecular complexity index is 897. The molecule has 3 N–H and O–H groups in total. The molecule has 2 rings (SSSR count). The van der Waals surface area contributed by atoms with Crippen LogP contribution in [0.15, 0.2) is 54.6 Å². The second-order valence-corrected chi connectivity index (χ2v) is 6.62. The maximum Gasteiger partial charge on any atom is 0.328 e. The molecular weight excluding hydrogens is 388 g/mol. The van der Waals surface area contributed by atoms with Crippen LogP contribution >= 0.6 is 0 Å². The van der Waals surface area contributed by atoms with Gasteiger partial charge >= 0.3 is 12.0 Å². The number of nitrogens with zero attached hydrogens (tertiary/aromatic N) is 1. The molecular formula is C21H24N4O5. The Hall–Kier alpha value is -3.88. The summed E-state index contributed by atoms with van der Waals surface area (Å²) in [6.45, 7) is 0.939. The van der Waals surface area contributed by atoms with Crippen LogP contribution in [0.2, 0.25) is 0 Å². The van der Waals surface area contributed by atoms with E-state index < -0.39 is 30.6 Å². The second-order valence-electron chi connectivity index (χ2n) is 6.62. The molecule has 9 nitrogen and oxygen atoms in total. The Balaban J connectivity index is 1.76. The average molecular weight is 412 g/mol. The largest absolute Gasteiger partial charge is 0.454 e. The number of amides is 4. The summed E-state index contributed by atoms with van der Waals surface area (Å²) in [7, 11) is 3.29. The molecule has 0 aliphatic carbocycles. The standard InChI is InChI=1S/C21H24N4O5/c1-14(22-21(29)24-16-7-5-4-6-8-16)20(28)30-13-18(26)23-17-11-9-15(10-12-17)19(27)25(2)3/h4-12,14H,13H2,1-3H3,(H,23,26)(H2,22,24,29)/t14-/m0/s1. The number of carbonyl (C=O) groups is 4. The number of benzene rings is 2. The Morgan fingerprint density at radius 2 is 1.50 bits per heavy atom. The first-order valence-corrected chi connectivity index (χ1v) is 9.17. The third-order valence-electron chi connectivity index (χ3n) is 3.90. The number of urea groups is 1. The van der Waals surface area contributed by atoms with E-state index in [1.165, 1.54) is 11.8 Å². The van der Waals surface area contributed by atoms with E-state index in [2.05, 4.69) is 16.0 Å². The molecule has 0 unspecified atom stereocenters. The molecule has 1 atom stereocenters. The number of esters is 1. The van der Waals surface area contributed by atoms with Crippen molar-refractivity contribution < 1.29 is 23.9 Å². The quantitative estimate of drug-likeness (QED) is 0.602. The number of para-hydroxylation sites is 1. The minimum absolute atomic E-state index is 0.153. The van der Waals surface area contributed by atoms with Gasteiger partial charge in [-0.25, -0.2) is 9.59 Å². The molecule has 0 radical (unpaired) electrons. The summed E-state index contributed by atoms with van der Waals surface area (Å²) in [6, 6.07) is 13.6. The molecule has 0 aliphatic heterocycles. The van der Waals surface area contributed by atoms with Crippen LogP contribution in [-0.4, -0.2) is 55.5 Å². The summed E-state index contributed by atoms with van der Waals surface area (Å²) in [5.41, 5.74) is 1.52. The van der Waals surface area contributed by atoms with E-state index in [0.717, 1.165) is 0 Å². The summed E-state index contributed by atoms with van der Waals surface area (Å²) < 4.78 is 4.93. The minimum Gasteiger partial charge on any atom is -0.454 e. The first-order chi connectivity index (χ1) is 14.3. The molecule has 0 aromatic heterocycles. The van der Waals surface area contributed by atoms with E-state index in [-0.39, 0.29) is 5.91 Å². The fourth-order valence-electron chi connectivity index (χ4n) is 2.36. The number of rotatable bonds is 7. The average Bonchev–Trinajstić information content (AvgIpc) is 2.72. The molecule has 158 valence electrons. The molecule has 0 fully saturated rings. The van der Waals surface area contributed by atoms with Gasteiger partial charge in [0.05, 0.1) is 0 Å². The van der Waals surface area contributed by atoms with Gasteiger partial charge < -0.3 is 25.6 Å². The van der Waals surface area contributed by atoms with Gasteiger partial charge in [-0.2, -0.15) is 0 Å². The van der Waals surface area contributed by atoms with Gasteiger partial charge in [-0.1, -0.05) is 18.2 Å². The zero-order chi connectivity index (χ0) is 22.1. The molecule has 0 bridgehead atoms. The van der Waals surface area contributed by atoms with Crippen LogP contribution in [0.5, 0.6) is 0 Å². The fourth-order valence-corrected chi connectivity index (χ4v) is 2.36. The summed E-state index contributed by atoms with van der Waals surface area (Å²) in [4.78, 5) is 49.1. The predicted octanol–water partition coefficient (Wildman–Crippen LogP) is 2.08. The van der Waals surface area contributed by atoms with Crippen molar-refractivity contribution in [2.45, 2.75) is 13.0 Å². The van der Waals surface area contributed by atoms with Crippen LogP contribution in [0.3, 0.4) is 0 Å². The van der Waals surface area contributed by atoms with Crippen molar-refractivity contribution in [1.29, 1.82) is 0 Å². The van der Waals surface area contributed by atoms with Gasteiger partial charge in [-0.3, -0.25) is 9.59 Å². The van der Waals surface area contributed by atoms with Crippen molar-refractivity contribution >= 4 is 35.2 Å². The first kappa shape index (κ1) is 22.4. The van der Waals surface area contributed by atoms with E-state index >= 15 is 0 Å². The van der Waals surface area contributed by atoms with Crippen molar-refractivity contribution in [3.63, 3.8) is 0 Å². The molecule has 30 heavy (non-hydrogen) atoms. The maximum atomic E-state index is 12.0. The molecule has 0 aliphatic rings. The number of hydrogen-bond acceptors (Lipinski definition) is 5. The zero-order valence-corrected chi connectivity index (χ0v) is 17.0. The van der Waals surface area contributed by atoms with Crippen LogP contribution in [0, 0.1) is 0 Å². The molecule has 0 saturated heterocycles. The van der Waals surface area contributed by atoms with Gasteiger partial charge in [-0.05, 0) is 43.3 Å². The molecule has 0 saturated carbocycles. The summed E-state index contributed by atoms with van der Waals surface area (Å²) in [6.07, 6.45) is 0. The Morgan fingerprint density at radius 1 is 0.900 bits per heavy atom. The first-order valence-electron chi connectivity index (χ1n) is 9.17. The second kappa shape index (κ2) is 10.6. The Labute approximate surface area is 174 Å². The van der Waals surface area contributed by atoms with Gasteiger partial charge in [0.25, 0.3) is 11.8 Å². The van der Waals surface area contributed by atoms with Crippen LogP contribution < -0.4 is 16.0 Å². The van der Waals surface area contributed by atoms with Crippen molar-refractivity contribution in [3.05, 3.63) is 60.2 Å². The van der Waals surface area contributed by atoms with Gasteiger partial charge in [0.2, 0.25) is 0 Å². The lowest BCUT2D eigenvalue weighted by molar-refractivity contribution is -0.148. The number of ether oxygens (including phenoxy) is 1. The molecule has 4 amide bonds. The lowest BCUT2D eigenvalue weighted by Gasteiger charge is -2.14. The molecule has 2 aromatic carbocycles. The fraction of sp³-hybridized carbons (Fsp3) is 0.238. The van der Waals surface area contributed by atoms with Crippen LogP contribution in [0.4, 0.5) is 16.2 Å². The van der Waals surface area contributed by atoms with E-state index in [9.17, 15) is 19.2 Å². The SMILES string of the molecule is C[C@H](NC(=O)Nc1ccccc1)C(=O)OCC(=O)Nc1ccc(C(=O)N(C)C)cc1. The zero-order valence-electron chi connectivity index (χ0n) is 17.0. The van der Waals surface area contributed by atoms with Crippen molar-refractivity contribution in [2.24, 2.45) is 0 Å². The third-order valence-corrected chi connectivity index (χ3v) is 3.90. The van der Waals surface area contributed by atoms with Crippen LogP contribution in [-0.2, 0) is 14.3 Å². The van der Waals surface area contributed by atoms with E-state index in [4.69, 9.17) is 4.74 Å². The Morgan fingerprint density at radius 3 is 2.10 bits per heavy atom. The lowest BCUT2D eigenvalue weighted by Crippen LogP contribution is -2.42. The number of carbonyl (C=O) groups excluding carboxylic acids is 4. The highest BCUT2D eigenvalue weighted by molar-refractivity contribution is 5.96. The highest BCUT2D eigenvalue weighted by Crippen LogP contribution is 2.11. The van der Waals surface area contributed by atoms with Crippen molar-refractivity contribution in [2.75, 3.05) is 31.3 Å². The van der Waals surface area contributed by atoms with Gasteiger partial charge in [0, 0.05) is 31.0 Å². The van der Waals surface area contributed by atoms with Crippen LogP contribution in [0.25, 0.3) is 0 Å². The van der Waals surface area contributed by atoms with Gasteiger partial charge in [-0.15, -0.1) is 0 Å². The number of nitrogens with one attached hydrogen (secondary N) is 3. The van der Waals surface area contributed by atoms with Crippen molar-refractivity contribution in [3.8, 4) is 0 Å². The monoisotopic (exact) mass is 412 g/mol. The van der Waals surface area contributed by atoms with Gasteiger partial charge in [0.15, 0.2) is 6.61 Å². The minimum atomic E-state index is -0.946.